The fourth-order valence-electron chi connectivity index (χ4n) is 3.27. The second kappa shape index (κ2) is 4.53. The lowest BCUT2D eigenvalue weighted by molar-refractivity contribution is -0.139. The van der Waals surface area contributed by atoms with Crippen molar-refractivity contribution in [3.63, 3.8) is 0 Å². The first-order valence-corrected chi connectivity index (χ1v) is 6.86. The first kappa shape index (κ1) is 13.5. The summed E-state index contributed by atoms with van der Waals surface area (Å²) >= 11 is 0. The minimum absolute atomic E-state index is 0.270. The number of aliphatic hydroxyl groups excluding tert-OH is 1. The topological polar surface area (TPSA) is 76.1 Å². The Kier molecular flexibility index (Phi) is 3.06. The summed E-state index contributed by atoms with van der Waals surface area (Å²) in [5.41, 5.74) is 0.473. The van der Waals surface area contributed by atoms with Crippen molar-refractivity contribution in [2.75, 3.05) is 0 Å². The van der Waals surface area contributed by atoms with Crippen molar-refractivity contribution in [2.24, 2.45) is 5.92 Å². The maximum absolute atomic E-state index is 11.7. The summed E-state index contributed by atoms with van der Waals surface area (Å²) in [6.07, 6.45) is 2.76. The quantitative estimate of drug-likeness (QED) is 0.334. The fourth-order valence-corrected chi connectivity index (χ4v) is 3.27. The van der Waals surface area contributed by atoms with E-state index in [1.54, 1.807) is 0 Å². The first-order chi connectivity index (χ1) is 9.46. The molecule has 0 aromatic carbocycles. The minimum Gasteiger partial charge on any atom is -0.458 e. The summed E-state index contributed by atoms with van der Waals surface area (Å²) in [7, 11) is 0. The van der Waals surface area contributed by atoms with Gasteiger partial charge < -0.3 is 14.6 Å². The van der Waals surface area contributed by atoms with Crippen molar-refractivity contribution in [3.05, 3.63) is 23.8 Å². The fraction of sp³-hybridized carbons (Fsp3) is 0.600. The highest BCUT2D eigenvalue weighted by Gasteiger charge is 2.60. The van der Waals surface area contributed by atoms with Crippen LogP contribution in [0.5, 0.6) is 0 Å². The number of aldehydes is 1. The Hall–Kier alpha value is -1.46. The van der Waals surface area contributed by atoms with Gasteiger partial charge in [0.25, 0.3) is 0 Å². The standard InChI is InChI=1S/C15H18O5/c1-8-11-10(19-14(8)18)6-9(7-16)4-3-5-15(2)13(20-15)12(11)17/h4,7,10-13,17H,1,3,5-6H2,2H3. The normalized spacial score (nSPS) is 44.0. The number of carbonyl (C=O) groups is 2. The van der Waals surface area contributed by atoms with Gasteiger partial charge in [0, 0.05) is 12.0 Å². The molecule has 20 heavy (non-hydrogen) atoms. The maximum atomic E-state index is 11.7. The molecular formula is C15H18O5. The summed E-state index contributed by atoms with van der Waals surface area (Å²) in [5, 5.41) is 10.5. The number of esters is 1. The van der Waals surface area contributed by atoms with Crippen LogP contribution >= 0.6 is 0 Å². The Morgan fingerprint density at radius 3 is 3.00 bits per heavy atom. The highest BCUT2D eigenvalue weighted by molar-refractivity contribution is 5.91. The average molecular weight is 278 g/mol. The van der Waals surface area contributed by atoms with Crippen molar-refractivity contribution in [1.29, 1.82) is 0 Å². The van der Waals surface area contributed by atoms with Gasteiger partial charge in [0.15, 0.2) is 0 Å². The van der Waals surface area contributed by atoms with Crippen LogP contribution in [0.15, 0.2) is 23.8 Å². The van der Waals surface area contributed by atoms with Crippen molar-refractivity contribution in [2.45, 2.75) is 50.1 Å². The largest absolute Gasteiger partial charge is 0.458 e. The van der Waals surface area contributed by atoms with Gasteiger partial charge in [-0.2, -0.15) is 0 Å². The van der Waals surface area contributed by atoms with E-state index in [1.165, 1.54) is 0 Å². The Morgan fingerprint density at radius 2 is 2.30 bits per heavy atom. The number of rotatable bonds is 1. The maximum Gasteiger partial charge on any atom is 0.334 e. The number of epoxide rings is 1. The Balaban J connectivity index is 1.94. The molecule has 0 aromatic rings. The van der Waals surface area contributed by atoms with Gasteiger partial charge in [0.1, 0.15) is 18.5 Å². The Bertz CT molecular complexity index is 508. The van der Waals surface area contributed by atoms with Gasteiger partial charge in [-0.15, -0.1) is 0 Å². The molecule has 0 radical (unpaired) electrons. The number of aliphatic hydroxyl groups is 1. The van der Waals surface area contributed by atoms with E-state index in [0.717, 1.165) is 12.7 Å². The summed E-state index contributed by atoms with van der Waals surface area (Å²) in [6, 6.07) is 0. The van der Waals surface area contributed by atoms with Gasteiger partial charge in [0.05, 0.1) is 17.6 Å². The Labute approximate surface area is 117 Å². The van der Waals surface area contributed by atoms with Crippen molar-refractivity contribution < 1.29 is 24.2 Å². The Morgan fingerprint density at radius 1 is 1.55 bits per heavy atom. The zero-order valence-corrected chi connectivity index (χ0v) is 11.4. The molecule has 5 heteroatoms. The summed E-state index contributed by atoms with van der Waals surface area (Å²) < 4.78 is 10.9. The molecule has 0 saturated carbocycles. The molecule has 0 spiro atoms. The van der Waals surface area contributed by atoms with E-state index < -0.39 is 29.7 Å². The molecule has 2 fully saturated rings. The predicted molar refractivity (Wildman–Crippen MR) is 69.8 cm³/mol. The molecule has 1 N–H and O–H groups in total. The molecule has 5 nitrogen and oxygen atoms in total. The third-order valence-electron chi connectivity index (χ3n) is 4.58. The molecule has 3 rings (SSSR count). The lowest BCUT2D eigenvalue weighted by Gasteiger charge is -2.23. The van der Waals surface area contributed by atoms with Crippen LogP contribution in [-0.2, 0) is 19.1 Å². The van der Waals surface area contributed by atoms with E-state index in [-0.39, 0.29) is 11.7 Å². The third kappa shape index (κ3) is 2.01. The third-order valence-corrected chi connectivity index (χ3v) is 4.58. The molecule has 0 bridgehead atoms. The zero-order chi connectivity index (χ0) is 14.5. The van der Waals surface area contributed by atoms with Gasteiger partial charge in [-0.3, -0.25) is 4.79 Å². The predicted octanol–water partition coefficient (Wildman–Crippen LogP) is 0.912. The van der Waals surface area contributed by atoms with Gasteiger partial charge in [0.2, 0.25) is 0 Å². The number of allylic oxidation sites excluding steroid dienone is 1. The molecule has 2 aliphatic heterocycles. The minimum atomic E-state index is -0.824. The van der Waals surface area contributed by atoms with E-state index in [9.17, 15) is 14.7 Å². The monoisotopic (exact) mass is 278 g/mol. The van der Waals surface area contributed by atoms with Crippen LogP contribution < -0.4 is 0 Å². The highest BCUT2D eigenvalue weighted by atomic mass is 16.6. The van der Waals surface area contributed by atoms with E-state index in [4.69, 9.17) is 9.47 Å². The van der Waals surface area contributed by atoms with Crippen molar-refractivity contribution >= 4 is 12.3 Å². The number of hydrogen-bond donors (Lipinski definition) is 1. The van der Waals surface area contributed by atoms with Crippen LogP contribution in [-0.4, -0.2) is 41.3 Å². The van der Waals surface area contributed by atoms with E-state index in [0.29, 0.717) is 18.4 Å². The molecule has 0 amide bonds. The van der Waals surface area contributed by atoms with Crippen LogP contribution in [0, 0.1) is 5.92 Å². The highest BCUT2D eigenvalue weighted by Crippen LogP contribution is 2.48. The van der Waals surface area contributed by atoms with E-state index >= 15 is 0 Å². The second-order valence-corrected chi connectivity index (χ2v) is 5.98. The van der Waals surface area contributed by atoms with Crippen LogP contribution in [0.1, 0.15) is 26.2 Å². The number of carbonyl (C=O) groups excluding carboxylic acids is 2. The molecular weight excluding hydrogens is 260 g/mol. The molecule has 2 saturated heterocycles. The van der Waals surface area contributed by atoms with Crippen molar-refractivity contribution in [1.82, 2.24) is 0 Å². The van der Waals surface area contributed by atoms with Crippen molar-refractivity contribution in [3.8, 4) is 0 Å². The number of hydrogen-bond acceptors (Lipinski definition) is 5. The summed E-state index contributed by atoms with van der Waals surface area (Å²) in [4.78, 5) is 22.8. The van der Waals surface area contributed by atoms with Crippen LogP contribution in [0.3, 0.4) is 0 Å². The lowest BCUT2D eigenvalue weighted by Crippen LogP contribution is -2.36. The number of fused-ring (bicyclic) bond motifs is 2. The molecule has 5 atom stereocenters. The first-order valence-electron chi connectivity index (χ1n) is 6.86. The molecule has 108 valence electrons. The second-order valence-electron chi connectivity index (χ2n) is 5.98. The van der Waals surface area contributed by atoms with Crippen LogP contribution in [0.25, 0.3) is 0 Å². The molecule has 3 aliphatic rings. The lowest BCUT2D eigenvalue weighted by atomic mass is 9.82. The smallest absolute Gasteiger partial charge is 0.334 e. The van der Waals surface area contributed by atoms with Crippen LogP contribution in [0.4, 0.5) is 0 Å². The van der Waals surface area contributed by atoms with Gasteiger partial charge in [-0.05, 0) is 25.3 Å². The van der Waals surface area contributed by atoms with E-state index in [2.05, 4.69) is 6.58 Å². The number of ether oxygens (including phenoxy) is 2. The molecule has 5 unspecified atom stereocenters. The van der Waals surface area contributed by atoms with Gasteiger partial charge in [-0.25, -0.2) is 4.79 Å². The van der Waals surface area contributed by atoms with E-state index in [1.807, 2.05) is 13.0 Å². The van der Waals surface area contributed by atoms with Gasteiger partial charge in [-0.1, -0.05) is 12.7 Å². The zero-order valence-electron chi connectivity index (χ0n) is 11.4. The van der Waals surface area contributed by atoms with Gasteiger partial charge >= 0.3 is 5.97 Å². The average Bonchev–Trinajstić information content (AvgIpc) is 3.00. The SMILES string of the molecule is C=C1C(=O)OC2CC(C=O)=CCCC3(C)OC3C(O)C12. The molecule has 2 heterocycles. The van der Waals surface area contributed by atoms with Crippen LogP contribution in [0.2, 0.25) is 0 Å². The molecule has 0 aromatic heterocycles. The summed E-state index contributed by atoms with van der Waals surface area (Å²) in [6.45, 7) is 5.66. The molecule has 1 aliphatic carbocycles. The summed E-state index contributed by atoms with van der Waals surface area (Å²) in [5.74, 6) is -0.998.